The highest BCUT2D eigenvalue weighted by Crippen LogP contribution is 2.13. The zero-order valence-electron chi connectivity index (χ0n) is 14.4. The lowest BCUT2D eigenvalue weighted by Crippen LogP contribution is -2.25. The van der Waals surface area contributed by atoms with Crippen molar-refractivity contribution < 1.29 is 14.3 Å². The van der Waals surface area contributed by atoms with E-state index >= 15 is 0 Å². The minimum absolute atomic E-state index is 0.00497. The van der Waals surface area contributed by atoms with Crippen LogP contribution in [0.2, 0.25) is 0 Å². The molecule has 0 aliphatic heterocycles. The maximum atomic E-state index is 12.1. The Morgan fingerprint density at radius 2 is 1.67 bits per heavy atom. The summed E-state index contributed by atoms with van der Waals surface area (Å²) in [4.78, 5) is 12.1. The molecule has 4 heteroatoms. The van der Waals surface area contributed by atoms with Gasteiger partial charge in [0, 0.05) is 13.2 Å². The predicted molar refractivity (Wildman–Crippen MR) is 94.9 cm³/mol. The van der Waals surface area contributed by atoms with E-state index in [4.69, 9.17) is 9.47 Å². The summed E-state index contributed by atoms with van der Waals surface area (Å²) in [6.07, 6.45) is 0.361. The summed E-state index contributed by atoms with van der Waals surface area (Å²) in [7, 11) is 0. The van der Waals surface area contributed by atoms with Gasteiger partial charge in [0.05, 0.1) is 19.6 Å². The number of hydrogen-bond donors (Lipinski definition) is 1. The molecule has 0 radical (unpaired) electrons. The summed E-state index contributed by atoms with van der Waals surface area (Å²) in [6, 6.07) is 15.6. The van der Waals surface area contributed by atoms with Crippen molar-refractivity contribution >= 4 is 5.91 Å². The lowest BCUT2D eigenvalue weighted by atomic mass is 10.1. The first-order valence-corrected chi connectivity index (χ1v) is 8.35. The van der Waals surface area contributed by atoms with Gasteiger partial charge in [-0.1, -0.05) is 36.4 Å². The van der Waals surface area contributed by atoms with E-state index in [9.17, 15) is 4.79 Å². The molecule has 0 unspecified atom stereocenters. The summed E-state index contributed by atoms with van der Waals surface area (Å²) in [5.41, 5.74) is 3.17. The fourth-order valence-electron chi connectivity index (χ4n) is 2.39. The molecule has 2 rings (SSSR count). The number of carbonyl (C=O) groups is 1. The molecule has 0 atom stereocenters. The van der Waals surface area contributed by atoms with Crippen molar-refractivity contribution in [3.05, 3.63) is 65.2 Å². The second-order valence-corrected chi connectivity index (χ2v) is 5.44. The molecule has 0 aromatic heterocycles. The van der Waals surface area contributed by atoms with Crippen LogP contribution in [0, 0.1) is 0 Å². The number of hydrogen-bond acceptors (Lipinski definition) is 3. The molecule has 0 heterocycles. The van der Waals surface area contributed by atoms with Gasteiger partial charge in [-0.3, -0.25) is 4.79 Å². The molecule has 0 aliphatic rings. The average molecular weight is 327 g/mol. The lowest BCUT2D eigenvalue weighted by molar-refractivity contribution is -0.120. The Balaban J connectivity index is 1.87. The highest BCUT2D eigenvalue weighted by atomic mass is 16.5. The van der Waals surface area contributed by atoms with Crippen LogP contribution in [0.5, 0.6) is 5.75 Å². The molecule has 128 valence electrons. The zero-order valence-corrected chi connectivity index (χ0v) is 14.4. The Bertz CT molecular complexity index is 638. The molecule has 0 aliphatic carbocycles. The SMILES string of the molecule is CCOCc1ccccc1CNC(=O)Cc1ccc(OCC)cc1. The standard InChI is InChI=1S/C20H25NO3/c1-3-23-15-18-8-6-5-7-17(18)14-21-20(22)13-16-9-11-19(12-10-16)24-4-2/h5-12H,3-4,13-15H2,1-2H3,(H,21,22). The van der Waals surface area contributed by atoms with Crippen molar-refractivity contribution in [1.29, 1.82) is 0 Å². The van der Waals surface area contributed by atoms with Gasteiger partial charge in [-0.05, 0) is 42.7 Å². The van der Waals surface area contributed by atoms with E-state index in [0.29, 0.717) is 32.8 Å². The molecule has 24 heavy (non-hydrogen) atoms. The molecule has 2 aromatic carbocycles. The molecule has 2 aromatic rings. The maximum absolute atomic E-state index is 12.1. The van der Waals surface area contributed by atoms with Crippen molar-refractivity contribution in [2.75, 3.05) is 13.2 Å². The van der Waals surface area contributed by atoms with Gasteiger partial charge in [0.1, 0.15) is 5.75 Å². The quantitative estimate of drug-likeness (QED) is 0.767. The molecule has 0 spiro atoms. The second kappa shape index (κ2) is 9.73. The van der Waals surface area contributed by atoms with Gasteiger partial charge >= 0.3 is 0 Å². The third-order valence-electron chi connectivity index (χ3n) is 3.66. The van der Waals surface area contributed by atoms with E-state index in [-0.39, 0.29) is 5.91 Å². The second-order valence-electron chi connectivity index (χ2n) is 5.44. The number of amides is 1. The average Bonchev–Trinajstić information content (AvgIpc) is 2.61. The number of carbonyl (C=O) groups excluding carboxylic acids is 1. The van der Waals surface area contributed by atoms with Crippen molar-refractivity contribution in [1.82, 2.24) is 5.32 Å². The molecule has 1 N–H and O–H groups in total. The van der Waals surface area contributed by atoms with Crippen LogP contribution in [0.3, 0.4) is 0 Å². The highest BCUT2D eigenvalue weighted by molar-refractivity contribution is 5.78. The molecule has 4 nitrogen and oxygen atoms in total. The van der Waals surface area contributed by atoms with Crippen LogP contribution in [-0.2, 0) is 29.1 Å². The normalized spacial score (nSPS) is 10.4. The third kappa shape index (κ3) is 5.70. The third-order valence-corrected chi connectivity index (χ3v) is 3.66. The largest absolute Gasteiger partial charge is 0.494 e. The Morgan fingerprint density at radius 3 is 2.33 bits per heavy atom. The zero-order chi connectivity index (χ0) is 17.2. The van der Waals surface area contributed by atoms with Crippen LogP contribution in [0.15, 0.2) is 48.5 Å². The van der Waals surface area contributed by atoms with Gasteiger partial charge in [-0.15, -0.1) is 0 Å². The Labute approximate surface area is 143 Å². The van der Waals surface area contributed by atoms with E-state index in [1.807, 2.05) is 62.4 Å². The fraction of sp³-hybridized carbons (Fsp3) is 0.350. The van der Waals surface area contributed by atoms with Gasteiger partial charge in [0.2, 0.25) is 5.91 Å². The van der Waals surface area contributed by atoms with Crippen molar-refractivity contribution in [2.45, 2.75) is 33.4 Å². The van der Waals surface area contributed by atoms with Crippen LogP contribution in [-0.4, -0.2) is 19.1 Å². The first-order valence-electron chi connectivity index (χ1n) is 8.35. The minimum Gasteiger partial charge on any atom is -0.494 e. The lowest BCUT2D eigenvalue weighted by Gasteiger charge is -2.11. The topological polar surface area (TPSA) is 47.6 Å². The first kappa shape index (κ1) is 18.0. The number of ether oxygens (including phenoxy) is 2. The van der Waals surface area contributed by atoms with E-state index in [1.165, 1.54) is 0 Å². The van der Waals surface area contributed by atoms with Crippen LogP contribution in [0.4, 0.5) is 0 Å². The minimum atomic E-state index is 0.00497. The van der Waals surface area contributed by atoms with Crippen LogP contribution < -0.4 is 10.1 Å². The van der Waals surface area contributed by atoms with Crippen LogP contribution in [0.1, 0.15) is 30.5 Å². The number of rotatable bonds is 9. The molecule has 0 bridgehead atoms. The Morgan fingerprint density at radius 1 is 0.958 bits per heavy atom. The molecule has 0 saturated carbocycles. The van der Waals surface area contributed by atoms with Crippen LogP contribution in [0.25, 0.3) is 0 Å². The van der Waals surface area contributed by atoms with E-state index in [0.717, 1.165) is 22.4 Å². The highest BCUT2D eigenvalue weighted by Gasteiger charge is 2.06. The summed E-state index contributed by atoms with van der Waals surface area (Å²) in [5.74, 6) is 0.830. The maximum Gasteiger partial charge on any atom is 0.224 e. The van der Waals surface area contributed by atoms with Gasteiger partial charge in [0.25, 0.3) is 0 Å². The van der Waals surface area contributed by atoms with Crippen LogP contribution >= 0.6 is 0 Å². The van der Waals surface area contributed by atoms with Crippen molar-refractivity contribution in [3.8, 4) is 5.75 Å². The van der Waals surface area contributed by atoms with E-state index < -0.39 is 0 Å². The molecule has 0 saturated heterocycles. The van der Waals surface area contributed by atoms with Gasteiger partial charge in [-0.2, -0.15) is 0 Å². The van der Waals surface area contributed by atoms with E-state index in [2.05, 4.69) is 5.32 Å². The first-order chi connectivity index (χ1) is 11.7. The summed E-state index contributed by atoms with van der Waals surface area (Å²) < 4.78 is 10.9. The van der Waals surface area contributed by atoms with E-state index in [1.54, 1.807) is 0 Å². The van der Waals surface area contributed by atoms with Gasteiger partial charge < -0.3 is 14.8 Å². The Kier molecular flexibility index (Phi) is 7.30. The molecular formula is C20H25NO3. The monoisotopic (exact) mass is 327 g/mol. The number of nitrogens with one attached hydrogen (secondary N) is 1. The predicted octanol–water partition coefficient (Wildman–Crippen LogP) is 3.48. The Hall–Kier alpha value is -2.33. The number of benzene rings is 2. The van der Waals surface area contributed by atoms with Crippen molar-refractivity contribution in [2.24, 2.45) is 0 Å². The van der Waals surface area contributed by atoms with Crippen molar-refractivity contribution in [3.63, 3.8) is 0 Å². The fourth-order valence-corrected chi connectivity index (χ4v) is 2.39. The van der Waals surface area contributed by atoms with Gasteiger partial charge in [-0.25, -0.2) is 0 Å². The molecular weight excluding hydrogens is 302 g/mol. The molecule has 0 fully saturated rings. The summed E-state index contributed by atoms with van der Waals surface area (Å²) in [6.45, 7) is 6.33. The molecule has 1 amide bonds. The smallest absolute Gasteiger partial charge is 0.224 e. The van der Waals surface area contributed by atoms with Gasteiger partial charge in [0.15, 0.2) is 0 Å². The summed E-state index contributed by atoms with van der Waals surface area (Å²) >= 11 is 0. The summed E-state index contributed by atoms with van der Waals surface area (Å²) in [5, 5.41) is 2.98.